The van der Waals surface area contributed by atoms with Crippen molar-refractivity contribution < 1.29 is 34.3 Å². The van der Waals surface area contributed by atoms with Gasteiger partial charge in [0.1, 0.15) is 30.2 Å². The van der Waals surface area contributed by atoms with Crippen LogP contribution in [0.4, 0.5) is 10.1 Å². The number of nitrogens with zero attached hydrogens (tertiary/aromatic N) is 1. The van der Waals surface area contributed by atoms with Gasteiger partial charge in [0.15, 0.2) is 0 Å². The quantitative estimate of drug-likeness (QED) is 0.305. The number of aliphatic hydroxyl groups excluding tert-OH is 4. The third-order valence-electron chi connectivity index (χ3n) is 8.17. The molecule has 2 aliphatic heterocycles. The molecule has 2 aliphatic rings. The van der Waals surface area contributed by atoms with E-state index in [1.807, 2.05) is 60.4 Å². The molecule has 4 N–H and O–H groups in total. The van der Waals surface area contributed by atoms with Crippen molar-refractivity contribution in [1.82, 2.24) is 0 Å². The van der Waals surface area contributed by atoms with Crippen LogP contribution in [-0.2, 0) is 22.4 Å². The van der Waals surface area contributed by atoms with Crippen molar-refractivity contribution in [3.8, 4) is 0 Å². The van der Waals surface area contributed by atoms with Gasteiger partial charge in [0.05, 0.1) is 24.7 Å². The summed E-state index contributed by atoms with van der Waals surface area (Å²) in [4.78, 5) is 15.2. The van der Waals surface area contributed by atoms with Crippen LogP contribution in [0.3, 0.4) is 0 Å². The Kier molecular flexibility index (Phi) is 8.63. The van der Waals surface area contributed by atoms with Crippen LogP contribution in [0, 0.1) is 18.7 Å². The van der Waals surface area contributed by atoms with Gasteiger partial charge in [-0.05, 0) is 67.1 Å². The fourth-order valence-electron chi connectivity index (χ4n) is 5.81. The number of β-lactam (4-membered cyclic amide) rings is 1. The van der Waals surface area contributed by atoms with Gasteiger partial charge >= 0.3 is 0 Å². The SMILES string of the molecule is Cc1ccc(N2C(=O)[C@H](CCCc3ccc(F)cc3)[C@H]2c2ccc(C[C@@H]3O[C@H](CO)[C@@H](O)[C@H](O)[C@H]3O)cc2)cc1. The van der Waals surface area contributed by atoms with E-state index in [1.54, 1.807) is 12.1 Å². The first-order chi connectivity index (χ1) is 19.3. The van der Waals surface area contributed by atoms with Crippen molar-refractivity contribution in [3.05, 3.63) is 101 Å². The molecule has 0 aromatic heterocycles. The highest BCUT2D eigenvalue weighted by molar-refractivity contribution is 6.03. The van der Waals surface area contributed by atoms with Crippen molar-refractivity contribution in [2.24, 2.45) is 5.92 Å². The average Bonchev–Trinajstić information content (AvgIpc) is 2.96. The molecule has 3 aromatic rings. The Labute approximate surface area is 233 Å². The van der Waals surface area contributed by atoms with Crippen LogP contribution in [-0.4, -0.2) is 63.5 Å². The van der Waals surface area contributed by atoms with E-state index < -0.39 is 37.1 Å². The molecule has 3 aromatic carbocycles. The van der Waals surface area contributed by atoms with E-state index in [0.717, 1.165) is 40.8 Å². The highest BCUT2D eigenvalue weighted by Gasteiger charge is 2.48. The van der Waals surface area contributed by atoms with Gasteiger partial charge in [0.25, 0.3) is 0 Å². The van der Waals surface area contributed by atoms with Crippen molar-refractivity contribution in [2.45, 2.75) is 69.2 Å². The summed E-state index contributed by atoms with van der Waals surface area (Å²) in [5.41, 5.74) is 4.85. The third kappa shape index (κ3) is 5.82. The number of benzene rings is 3. The Morgan fingerprint density at radius 1 is 0.825 bits per heavy atom. The van der Waals surface area contributed by atoms with E-state index in [1.165, 1.54) is 12.1 Å². The number of carbonyl (C=O) groups excluding carboxylic acids is 1. The van der Waals surface area contributed by atoms with Crippen LogP contribution in [0.15, 0.2) is 72.8 Å². The average molecular weight is 550 g/mol. The largest absolute Gasteiger partial charge is 0.394 e. The molecular formula is C32H36FNO6. The maximum absolute atomic E-state index is 13.4. The summed E-state index contributed by atoms with van der Waals surface area (Å²) in [6, 6.07) is 22.0. The lowest BCUT2D eigenvalue weighted by Gasteiger charge is -2.48. The van der Waals surface area contributed by atoms with Crippen LogP contribution in [0.2, 0.25) is 0 Å². The number of hydrogen-bond acceptors (Lipinski definition) is 6. The fourth-order valence-corrected chi connectivity index (χ4v) is 5.81. The topological polar surface area (TPSA) is 110 Å². The van der Waals surface area contributed by atoms with E-state index in [-0.39, 0.29) is 30.1 Å². The molecule has 0 bridgehead atoms. The Morgan fingerprint density at radius 3 is 2.10 bits per heavy atom. The van der Waals surface area contributed by atoms with Gasteiger partial charge in [-0.1, -0.05) is 54.1 Å². The van der Waals surface area contributed by atoms with Gasteiger partial charge in [-0.15, -0.1) is 0 Å². The molecule has 40 heavy (non-hydrogen) atoms. The van der Waals surface area contributed by atoms with Gasteiger partial charge in [0, 0.05) is 12.1 Å². The lowest BCUT2D eigenvalue weighted by Crippen LogP contribution is -2.59. The molecular weight excluding hydrogens is 513 g/mol. The van der Waals surface area contributed by atoms with Crippen LogP contribution in [0.1, 0.15) is 41.1 Å². The molecule has 2 fully saturated rings. The first-order valence-corrected chi connectivity index (χ1v) is 13.8. The summed E-state index contributed by atoms with van der Waals surface area (Å²) < 4.78 is 18.9. The summed E-state index contributed by atoms with van der Waals surface area (Å²) in [5, 5.41) is 40.1. The van der Waals surface area contributed by atoms with Crippen LogP contribution >= 0.6 is 0 Å². The minimum atomic E-state index is -1.41. The number of rotatable bonds is 9. The Morgan fingerprint density at radius 2 is 1.45 bits per heavy atom. The lowest BCUT2D eigenvalue weighted by atomic mass is 9.78. The molecule has 7 atom stereocenters. The molecule has 0 saturated carbocycles. The molecule has 0 aliphatic carbocycles. The third-order valence-corrected chi connectivity index (χ3v) is 8.17. The number of amides is 1. The molecule has 0 unspecified atom stereocenters. The second-order valence-electron chi connectivity index (χ2n) is 10.9. The van der Waals surface area contributed by atoms with Crippen LogP contribution in [0.5, 0.6) is 0 Å². The number of aliphatic hydroxyl groups is 4. The van der Waals surface area contributed by atoms with Crippen molar-refractivity contribution in [2.75, 3.05) is 11.5 Å². The number of carbonyl (C=O) groups is 1. The number of aryl methyl sites for hydroxylation is 2. The summed E-state index contributed by atoms with van der Waals surface area (Å²) in [7, 11) is 0. The fraction of sp³-hybridized carbons (Fsp3) is 0.406. The summed E-state index contributed by atoms with van der Waals surface area (Å²) in [6.07, 6.45) is -3.25. The second-order valence-corrected chi connectivity index (χ2v) is 10.9. The highest BCUT2D eigenvalue weighted by atomic mass is 19.1. The number of ether oxygens (including phenoxy) is 1. The monoisotopic (exact) mass is 549 g/mol. The standard InChI is InChI=1S/C32H36FNO6/c1-19-5-15-24(16-6-19)34-28(25(32(34)39)4-2-3-20-9-13-23(33)14-10-20)22-11-7-21(8-12-22)17-26-29(36)31(38)30(37)27(18-35)40-26/h5-16,25-31,35-38H,2-4,17-18H2,1H3/t25-,26+,27-,28-,29+,30-,31-/m1/s1. The number of hydrogen-bond donors (Lipinski definition) is 4. The number of anilines is 1. The van der Waals surface area contributed by atoms with Crippen LogP contribution in [0.25, 0.3) is 0 Å². The van der Waals surface area contributed by atoms with Gasteiger partial charge in [-0.25, -0.2) is 4.39 Å². The Balaban J connectivity index is 1.31. The molecule has 0 radical (unpaired) electrons. The maximum atomic E-state index is 13.4. The zero-order valence-corrected chi connectivity index (χ0v) is 22.4. The van der Waals surface area contributed by atoms with E-state index in [0.29, 0.717) is 6.42 Å². The van der Waals surface area contributed by atoms with Crippen LogP contribution < -0.4 is 4.90 Å². The highest BCUT2D eigenvalue weighted by Crippen LogP contribution is 2.46. The molecule has 7 nitrogen and oxygen atoms in total. The van der Waals surface area contributed by atoms with Crippen molar-refractivity contribution in [3.63, 3.8) is 0 Å². The van der Waals surface area contributed by atoms with Crippen molar-refractivity contribution in [1.29, 1.82) is 0 Å². The van der Waals surface area contributed by atoms with Crippen molar-refractivity contribution >= 4 is 11.6 Å². The Bertz CT molecular complexity index is 1280. The summed E-state index contributed by atoms with van der Waals surface area (Å²) in [5.74, 6) is -0.363. The van der Waals surface area contributed by atoms with E-state index >= 15 is 0 Å². The molecule has 212 valence electrons. The zero-order valence-electron chi connectivity index (χ0n) is 22.4. The van der Waals surface area contributed by atoms with E-state index in [2.05, 4.69) is 0 Å². The maximum Gasteiger partial charge on any atom is 0.233 e. The number of halogens is 1. The second kappa shape index (κ2) is 12.2. The zero-order chi connectivity index (χ0) is 28.4. The predicted molar refractivity (Wildman–Crippen MR) is 148 cm³/mol. The van der Waals surface area contributed by atoms with E-state index in [4.69, 9.17) is 4.74 Å². The molecule has 5 rings (SSSR count). The van der Waals surface area contributed by atoms with Gasteiger partial charge < -0.3 is 30.1 Å². The Hall–Kier alpha value is -3.14. The van der Waals surface area contributed by atoms with Gasteiger partial charge in [-0.2, -0.15) is 0 Å². The normalized spacial score (nSPS) is 28.4. The molecule has 0 spiro atoms. The first kappa shape index (κ1) is 28.4. The molecule has 1 amide bonds. The van der Waals surface area contributed by atoms with Gasteiger partial charge in [-0.3, -0.25) is 4.79 Å². The molecule has 2 heterocycles. The van der Waals surface area contributed by atoms with Gasteiger partial charge in [0.2, 0.25) is 5.91 Å². The van der Waals surface area contributed by atoms with E-state index in [9.17, 15) is 29.6 Å². The molecule has 8 heteroatoms. The summed E-state index contributed by atoms with van der Waals surface area (Å²) in [6.45, 7) is 1.54. The summed E-state index contributed by atoms with van der Waals surface area (Å²) >= 11 is 0. The smallest absolute Gasteiger partial charge is 0.233 e. The lowest BCUT2D eigenvalue weighted by molar-refractivity contribution is -0.228. The minimum Gasteiger partial charge on any atom is -0.394 e. The minimum absolute atomic E-state index is 0.0818. The molecule has 2 saturated heterocycles. The predicted octanol–water partition coefficient (Wildman–Crippen LogP) is 3.25. The first-order valence-electron chi connectivity index (χ1n) is 13.8.